The van der Waals surface area contributed by atoms with Crippen LogP contribution in [0.1, 0.15) is 28.4 Å². The number of aromatic nitrogens is 1. The van der Waals surface area contributed by atoms with E-state index in [-0.39, 0.29) is 5.43 Å². The molecule has 0 atom stereocenters. The lowest BCUT2D eigenvalue weighted by Gasteiger charge is -2.14. The lowest BCUT2D eigenvalue weighted by atomic mass is 9.98. The number of pyridine rings is 1. The van der Waals surface area contributed by atoms with Crippen LogP contribution >= 0.6 is 0 Å². The predicted octanol–water partition coefficient (Wildman–Crippen LogP) is 4.98. The minimum absolute atomic E-state index is 0.0972. The first-order chi connectivity index (χ1) is 14.1. The van der Waals surface area contributed by atoms with E-state index in [1.54, 1.807) is 12.1 Å². The Kier molecular flexibility index (Phi) is 5.00. The van der Waals surface area contributed by atoms with Crippen molar-refractivity contribution >= 4 is 16.9 Å². The van der Waals surface area contributed by atoms with Crippen molar-refractivity contribution in [2.75, 3.05) is 0 Å². The summed E-state index contributed by atoms with van der Waals surface area (Å²) in [7, 11) is 0. The third-order valence-corrected chi connectivity index (χ3v) is 5.22. The molecule has 0 saturated carbocycles. The second-order valence-corrected chi connectivity index (χ2v) is 7.03. The Morgan fingerprint density at radius 3 is 2.34 bits per heavy atom. The van der Waals surface area contributed by atoms with Crippen LogP contribution in [0.2, 0.25) is 0 Å². The zero-order chi connectivity index (χ0) is 20.4. The molecule has 0 saturated heterocycles. The highest BCUT2D eigenvalue weighted by Gasteiger charge is 2.11. The fourth-order valence-corrected chi connectivity index (χ4v) is 3.70. The number of benzene rings is 3. The number of nitrogens with zero attached hydrogens (tertiary/aromatic N) is 1. The van der Waals surface area contributed by atoms with Gasteiger partial charge in [-0.05, 0) is 41.3 Å². The van der Waals surface area contributed by atoms with Crippen molar-refractivity contribution in [2.24, 2.45) is 0 Å². The monoisotopic (exact) mass is 383 g/mol. The second-order valence-electron chi connectivity index (χ2n) is 7.03. The van der Waals surface area contributed by atoms with Gasteiger partial charge < -0.3 is 9.67 Å². The quantitative estimate of drug-likeness (QED) is 0.529. The molecule has 144 valence electrons. The Balaban J connectivity index is 1.71. The average Bonchev–Trinajstić information content (AvgIpc) is 2.76. The van der Waals surface area contributed by atoms with Crippen molar-refractivity contribution < 1.29 is 9.90 Å². The molecule has 0 fully saturated rings. The van der Waals surface area contributed by atoms with Gasteiger partial charge in [0.25, 0.3) is 0 Å². The van der Waals surface area contributed by atoms with E-state index < -0.39 is 5.97 Å². The van der Waals surface area contributed by atoms with E-state index in [0.29, 0.717) is 24.1 Å². The topological polar surface area (TPSA) is 59.3 Å². The fourth-order valence-electron chi connectivity index (χ4n) is 3.70. The predicted molar refractivity (Wildman–Crippen MR) is 116 cm³/mol. The van der Waals surface area contributed by atoms with E-state index in [9.17, 15) is 14.7 Å². The van der Waals surface area contributed by atoms with E-state index in [4.69, 9.17) is 0 Å². The van der Waals surface area contributed by atoms with Gasteiger partial charge in [0.2, 0.25) is 0 Å². The number of hydrogen-bond acceptors (Lipinski definition) is 2. The van der Waals surface area contributed by atoms with Gasteiger partial charge >= 0.3 is 5.97 Å². The molecule has 4 aromatic rings. The highest BCUT2D eigenvalue weighted by molar-refractivity contribution is 5.96. The van der Waals surface area contributed by atoms with Crippen LogP contribution in [0, 0.1) is 0 Å². The van der Waals surface area contributed by atoms with E-state index in [1.165, 1.54) is 0 Å². The molecule has 0 radical (unpaired) electrons. The maximum atomic E-state index is 12.6. The smallest absolute Gasteiger partial charge is 0.336 e. The molecule has 0 aliphatic rings. The van der Waals surface area contributed by atoms with Gasteiger partial charge in [-0.3, -0.25) is 4.79 Å². The maximum absolute atomic E-state index is 12.6. The van der Waals surface area contributed by atoms with Crippen LogP contribution in [0.15, 0.2) is 83.8 Å². The average molecular weight is 383 g/mol. The molecule has 1 aromatic heterocycles. The van der Waals surface area contributed by atoms with Gasteiger partial charge in [-0.2, -0.15) is 0 Å². The molecule has 4 nitrogen and oxygen atoms in total. The van der Waals surface area contributed by atoms with E-state index in [0.717, 1.165) is 27.6 Å². The van der Waals surface area contributed by atoms with Gasteiger partial charge in [-0.15, -0.1) is 0 Å². The number of para-hydroxylation sites is 1. The number of carbonyl (C=O) groups is 1. The third-order valence-electron chi connectivity index (χ3n) is 5.22. The summed E-state index contributed by atoms with van der Waals surface area (Å²) in [5.41, 5.74) is 4.75. The number of aryl methyl sites for hydroxylation is 1. The van der Waals surface area contributed by atoms with Crippen LogP contribution < -0.4 is 5.43 Å². The Labute approximate surface area is 168 Å². The third kappa shape index (κ3) is 3.57. The van der Waals surface area contributed by atoms with E-state index >= 15 is 0 Å². The first-order valence-corrected chi connectivity index (χ1v) is 9.61. The molecule has 4 heteroatoms. The van der Waals surface area contributed by atoms with E-state index in [2.05, 4.69) is 4.57 Å². The van der Waals surface area contributed by atoms with Crippen molar-refractivity contribution in [1.82, 2.24) is 4.57 Å². The first kappa shape index (κ1) is 18.7. The molecule has 0 spiro atoms. The second kappa shape index (κ2) is 7.76. The van der Waals surface area contributed by atoms with Crippen LogP contribution in [0.25, 0.3) is 22.0 Å². The Hall–Kier alpha value is -3.66. The number of carboxylic acid groups (broad SMARTS) is 1. The summed E-state index contributed by atoms with van der Waals surface area (Å²) in [6.07, 6.45) is 2.63. The Bertz CT molecular complexity index is 1250. The lowest BCUT2D eigenvalue weighted by Crippen LogP contribution is -2.14. The molecular weight excluding hydrogens is 362 g/mol. The number of aromatic carboxylic acids is 1. The van der Waals surface area contributed by atoms with Crippen LogP contribution in [0.3, 0.4) is 0 Å². The van der Waals surface area contributed by atoms with Crippen LogP contribution in [0.4, 0.5) is 0 Å². The van der Waals surface area contributed by atoms with Crippen LogP contribution in [-0.2, 0) is 13.0 Å². The molecule has 0 aliphatic heterocycles. The SMILES string of the molecule is CCc1cn(Cc2ccc(-c3ccccc3C(=O)O)cc2)c2ccccc2c1=O. The highest BCUT2D eigenvalue weighted by atomic mass is 16.4. The summed E-state index contributed by atoms with van der Waals surface area (Å²) in [4.78, 5) is 24.1. The standard InChI is InChI=1S/C25H21NO3/c1-2-18-16-26(23-10-6-5-9-22(23)24(18)27)15-17-11-13-19(14-12-17)20-7-3-4-8-21(20)25(28)29/h3-14,16H,2,15H2,1H3,(H,28,29). The van der Waals surface area contributed by atoms with Crippen LogP contribution in [-0.4, -0.2) is 15.6 Å². The summed E-state index contributed by atoms with van der Waals surface area (Å²) in [5.74, 6) is -0.934. The molecule has 4 rings (SSSR count). The summed E-state index contributed by atoms with van der Waals surface area (Å²) < 4.78 is 2.11. The van der Waals surface area contributed by atoms with Crippen molar-refractivity contribution in [3.8, 4) is 11.1 Å². The molecule has 0 unspecified atom stereocenters. The van der Waals surface area contributed by atoms with E-state index in [1.807, 2.05) is 73.8 Å². The minimum atomic E-state index is -0.934. The Morgan fingerprint density at radius 1 is 0.931 bits per heavy atom. The van der Waals surface area contributed by atoms with Crippen molar-refractivity contribution in [1.29, 1.82) is 0 Å². The highest BCUT2D eigenvalue weighted by Crippen LogP contribution is 2.24. The number of rotatable bonds is 5. The molecule has 29 heavy (non-hydrogen) atoms. The zero-order valence-corrected chi connectivity index (χ0v) is 16.1. The van der Waals surface area contributed by atoms with Gasteiger partial charge in [-0.1, -0.05) is 61.5 Å². The molecule has 0 amide bonds. The molecule has 3 aromatic carbocycles. The number of carboxylic acids is 1. The van der Waals surface area contributed by atoms with Crippen molar-refractivity contribution in [3.63, 3.8) is 0 Å². The molecule has 0 aliphatic carbocycles. The summed E-state index contributed by atoms with van der Waals surface area (Å²) in [6, 6.07) is 22.6. The van der Waals surface area contributed by atoms with Gasteiger partial charge in [0.15, 0.2) is 5.43 Å². The largest absolute Gasteiger partial charge is 0.478 e. The minimum Gasteiger partial charge on any atom is -0.478 e. The fraction of sp³-hybridized carbons (Fsp3) is 0.120. The number of hydrogen-bond donors (Lipinski definition) is 1. The molecular formula is C25H21NO3. The van der Waals surface area contributed by atoms with Crippen LogP contribution in [0.5, 0.6) is 0 Å². The van der Waals surface area contributed by atoms with Crippen molar-refractivity contribution in [2.45, 2.75) is 19.9 Å². The molecule has 0 bridgehead atoms. The van der Waals surface area contributed by atoms with Gasteiger partial charge in [0, 0.05) is 23.7 Å². The molecule has 1 heterocycles. The van der Waals surface area contributed by atoms with Gasteiger partial charge in [-0.25, -0.2) is 4.79 Å². The Morgan fingerprint density at radius 2 is 1.62 bits per heavy atom. The van der Waals surface area contributed by atoms with Crippen molar-refractivity contribution in [3.05, 3.63) is 106 Å². The van der Waals surface area contributed by atoms with Gasteiger partial charge in [0.1, 0.15) is 0 Å². The molecule has 1 N–H and O–H groups in total. The zero-order valence-electron chi connectivity index (χ0n) is 16.1. The summed E-state index contributed by atoms with van der Waals surface area (Å²) >= 11 is 0. The summed E-state index contributed by atoms with van der Waals surface area (Å²) in [5, 5.41) is 10.2. The normalized spacial score (nSPS) is 10.9. The first-order valence-electron chi connectivity index (χ1n) is 9.61. The van der Waals surface area contributed by atoms with Gasteiger partial charge in [0.05, 0.1) is 11.1 Å². The lowest BCUT2D eigenvalue weighted by molar-refractivity contribution is 0.0697. The maximum Gasteiger partial charge on any atom is 0.336 e. The number of fused-ring (bicyclic) bond motifs is 1. The summed E-state index contributed by atoms with van der Waals surface area (Å²) in [6.45, 7) is 2.62.